The fraction of sp³-hybridized carbons (Fsp3) is 0.467. The van der Waals surface area contributed by atoms with E-state index in [1.165, 1.54) is 18.2 Å². The number of carboxylic acids is 1. The van der Waals surface area contributed by atoms with Gasteiger partial charge in [0.2, 0.25) is 5.91 Å². The third kappa shape index (κ3) is 5.02. The van der Waals surface area contributed by atoms with Crippen molar-refractivity contribution in [1.82, 2.24) is 0 Å². The Balaban J connectivity index is 2.06. The van der Waals surface area contributed by atoms with Crippen LogP contribution in [0.15, 0.2) is 18.2 Å². The largest absolute Gasteiger partial charge is 0.482 e. The van der Waals surface area contributed by atoms with Crippen LogP contribution in [0.25, 0.3) is 0 Å². The van der Waals surface area contributed by atoms with E-state index in [0.717, 1.165) is 0 Å². The lowest BCUT2D eigenvalue weighted by Crippen LogP contribution is -2.23. The standard InChI is InChI=1S/C15H15ClF3NO4/c16-10-3-4-11(12(6-10)24-7-15(17,18)19)20-13(21)8-1-2-9(5-8)14(22)23/h3-4,6,8-9H,1-2,5,7H2,(H,20,21)(H,22,23)/t8-,9+/m0/s1. The first-order valence-electron chi connectivity index (χ1n) is 7.18. The van der Waals surface area contributed by atoms with E-state index >= 15 is 0 Å². The van der Waals surface area contributed by atoms with Gasteiger partial charge < -0.3 is 15.2 Å². The van der Waals surface area contributed by atoms with E-state index in [2.05, 4.69) is 10.1 Å². The average molecular weight is 366 g/mol. The van der Waals surface area contributed by atoms with Crippen molar-refractivity contribution in [2.75, 3.05) is 11.9 Å². The molecule has 9 heteroatoms. The van der Waals surface area contributed by atoms with Crippen LogP contribution in [0.3, 0.4) is 0 Å². The summed E-state index contributed by atoms with van der Waals surface area (Å²) in [5, 5.41) is 11.6. The molecule has 0 aliphatic heterocycles. The summed E-state index contributed by atoms with van der Waals surface area (Å²) in [5.41, 5.74) is 0.0624. The second kappa shape index (κ2) is 7.29. The molecule has 2 atom stereocenters. The van der Waals surface area contributed by atoms with Crippen molar-refractivity contribution in [2.45, 2.75) is 25.4 Å². The summed E-state index contributed by atoms with van der Waals surface area (Å²) in [7, 11) is 0. The molecule has 0 aromatic heterocycles. The van der Waals surface area contributed by atoms with Crippen LogP contribution in [0.1, 0.15) is 19.3 Å². The van der Waals surface area contributed by atoms with Crippen LogP contribution in [-0.2, 0) is 9.59 Å². The van der Waals surface area contributed by atoms with E-state index in [1.54, 1.807) is 0 Å². The lowest BCUT2D eigenvalue weighted by atomic mass is 10.0. The third-order valence-electron chi connectivity index (χ3n) is 3.75. The minimum Gasteiger partial charge on any atom is -0.482 e. The van der Waals surface area contributed by atoms with Gasteiger partial charge in [0.1, 0.15) is 5.75 Å². The number of carbonyl (C=O) groups excluding carboxylic acids is 1. The number of hydrogen-bond donors (Lipinski definition) is 2. The minimum absolute atomic E-state index is 0.0624. The number of amides is 1. The third-order valence-corrected chi connectivity index (χ3v) is 3.98. The Morgan fingerprint density at radius 2 is 1.96 bits per heavy atom. The van der Waals surface area contributed by atoms with Crippen LogP contribution in [0.4, 0.5) is 18.9 Å². The summed E-state index contributed by atoms with van der Waals surface area (Å²) in [6.07, 6.45) is -3.52. The Morgan fingerprint density at radius 3 is 2.54 bits per heavy atom. The molecule has 0 heterocycles. The van der Waals surface area contributed by atoms with Crippen LogP contribution in [0.5, 0.6) is 5.75 Å². The molecule has 24 heavy (non-hydrogen) atoms. The summed E-state index contributed by atoms with van der Waals surface area (Å²) >= 11 is 5.75. The van der Waals surface area contributed by atoms with Crippen molar-refractivity contribution in [3.8, 4) is 5.75 Å². The average Bonchev–Trinajstić information content (AvgIpc) is 2.96. The number of halogens is 4. The molecule has 1 amide bonds. The highest BCUT2D eigenvalue weighted by molar-refractivity contribution is 6.30. The number of aliphatic carboxylic acids is 1. The van der Waals surface area contributed by atoms with Crippen molar-refractivity contribution >= 4 is 29.2 Å². The Kier molecular flexibility index (Phi) is 5.58. The highest BCUT2D eigenvalue weighted by atomic mass is 35.5. The van der Waals surface area contributed by atoms with Gasteiger partial charge in [0.15, 0.2) is 6.61 Å². The molecule has 0 bridgehead atoms. The molecule has 1 aliphatic rings. The van der Waals surface area contributed by atoms with Gasteiger partial charge in [-0.3, -0.25) is 9.59 Å². The number of nitrogens with one attached hydrogen (secondary N) is 1. The number of rotatable bonds is 5. The number of ether oxygens (including phenoxy) is 1. The normalized spacial score (nSPS) is 20.7. The lowest BCUT2D eigenvalue weighted by molar-refractivity contribution is -0.153. The number of alkyl halides is 3. The van der Waals surface area contributed by atoms with Gasteiger partial charge in [-0.25, -0.2) is 0 Å². The van der Waals surface area contributed by atoms with Gasteiger partial charge >= 0.3 is 12.1 Å². The molecular formula is C15H15ClF3NO4. The molecule has 2 N–H and O–H groups in total. The van der Waals surface area contributed by atoms with Crippen molar-refractivity contribution in [3.05, 3.63) is 23.2 Å². The molecule has 2 rings (SSSR count). The molecule has 0 unspecified atom stereocenters. The van der Waals surface area contributed by atoms with E-state index in [9.17, 15) is 22.8 Å². The van der Waals surface area contributed by atoms with Gasteiger partial charge in [0.25, 0.3) is 0 Å². The fourth-order valence-corrected chi connectivity index (χ4v) is 2.72. The van der Waals surface area contributed by atoms with E-state index in [4.69, 9.17) is 16.7 Å². The van der Waals surface area contributed by atoms with Gasteiger partial charge in [-0.2, -0.15) is 13.2 Å². The first kappa shape index (κ1) is 18.4. The zero-order valence-corrected chi connectivity index (χ0v) is 13.2. The van der Waals surface area contributed by atoms with Gasteiger partial charge in [0, 0.05) is 17.0 Å². The highest BCUT2D eigenvalue weighted by Gasteiger charge is 2.34. The maximum atomic E-state index is 12.3. The van der Waals surface area contributed by atoms with E-state index in [0.29, 0.717) is 12.8 Å². The zero-order chi connectivity index (χ0) is 17.9. The number of anilines is 1. The van der Waals surface area contributed by atoms with Crippen molar-refractivity contribution in [3.63, 3.8) is 0 Å². The molecule has 1 fully saturated rings. The Morgan fingerprint density at radius 1 is 1.29 bits per heavy atom. The Bertz CT molecular complexity index is 636. The van der Waals surface area contributed by atoms with Gasteiger partial charge in [-0.15, -0.1) is 0 Å². The van der Waals surface area contributed by atoms with Crippen LogP contribution in [0.2, 0.25) is 5.02 Å². The SMILES string of the molecule is O=C(O)[C@@H]1CC[C@H](C(=O)Nc2ccc(Cl)cc2OCC(F)(F)F)C1. The quantitative estimate of drug-likeness (QED) is 0.833. The minimum atomic E-state index is -4.52. The summed E-state index contributed by atoms with van der Waals surface area (Å²) in [5.74, 6) is -2.67. The maximum Gasteiger partial charge on any atom is 0.422 e. The number of hydrogen-bond acceptors (Lipinski definition) is 3. The first-order valence-corrected chi connectivity index (χ1v) is 7.56. The molecule has 1 saturated carbocycles. The predicted molar refractivity (Wildman–Crippen MR) is 80.1 cm³/mol. The van der Waals surface area contributed by atoms with Crippen LogP contribution < -0.4 is 10.1 Å². The van der Waals surface area contributed by atoms with Gasteiger partial charge in [-0.05, 0) is 31.4 Å². The van der Waals surface area contributed by atoms with E-state index < -0.39 is 36.5 Å². The zero-order valence-electron chi connectivity index (χ0n) is 12.4. The van der Waals surface area contributed by atoms with Crippen LogP contribution in [0, 0.1) is 11.8 Å². The number of benzene rings is 1. The molecule has 1 aromatic carbocycles. The van der Waals surface area contributed by atoms with E-state index in [1.807, 2.05) is 0 Å². The molecule has 1 aliphatic carbocycles. The van der Waals surface area contributed by atoms with Gasteiger partial charge in [0.05, 0.1) is 11.6 Å². The maximum absolute atomic E-state index is 12.3. The molecule has 0 spiro atoms. The first-order chi connectivity index (χ1) is 11.2. The van der Waals surface area contributed by atoms with Crippen molar-refractivity contribution in [2.24, 2.45) is 11.8 Å². The summed E-state index contributed by atoms with van der Waals surface area (Å²) in [4.78, 5) is 23.1. The number of carbonyl (C=O) groups is 2. The van der Waals surface area contributed by atoms with E-state index in [-0.39, 0.29) is 22.9 Å². The predicted octanol–water partition coefficient (Wildman–Crippen LogP) is 3.72. The monoisotopic (exact) mass is 365 g/mol. The fourth-order valence-electron chi connectivity index (χ4n) is 2.56. The van der Waals surface area contributed by atoms with Crippen molar-refractivity contribution in [1.29, 1.82) is 0 Å². The molecule has 0 radical (unpaired) electrons. The lowest BCUT2D eigenvalue weighted by Gasteiger charge is -2.16. The summed E-state index contributed by atoms with van der Waals surface area (Å²) < 4.78 is 41.6. The molecular weight excluding hydrogens is 351 g/mol. The Hall–Kier alpha value is -1.96. The molecule has 0 saturated heterocycles. The van der Waals surface area contributed by atoms with Gasteiger partial charge in [-0.1, -0.05) is 11.6 Å². The van der Waals surface area contributed by atoms with Crippen molar-refractivity contribution < 1.29 is 32.6 Å². The summed E-state index contributed by atoms with van der Waals surface area (Å²) in [6.45, 7) is -1.51. The smallest absolute Gasteiger partial charge is 0.422 e. The molecule has 1 aromatic rings. The topological polar surface area (TPSA) is 75.6 Å². The van der Waals surface area contributed by atoms with Crippen LogP contribution in [-0.4, -0.2) is 29.8 Å². The van der Waals surface area contributed by atoms with Crippen LogP contribution >= 0.6 is 11.6 Å². The second-order valence-electron chi connectivity index (χ2n) is 5.58. The molecule has 132 valence electrons. The molecule has 5 nitrogen and oxygen atoms in total. The highest BCUT2D eigenvalue weighted by Crippen LogP contribution is 2.34. The Labute approximate surface area is 140 Å². The number of carboxylic acid groups (broad SMARTS) is 1. The summed E-state index contributed by atoms with van der Waals surface area (Å²) in [6, 6.07) is 3.93. The second-order valence-corrected chi connectivity index (χ2v) is 6.02.